The number of anilines is 2. The summed E-state index contributed by atoms with van der Waals surface area (Å²) >= 11 is 0. The molecular formula is C16H18N2O4S. The van der Waals surface area contributed by atoms with E-state index in [2.05, 4.69) is 5.32 Å². The normalized spacial score (nSPS) is 18.3. The number of nitrogens with zero attached hydrogens (tertiary/aromatic N) is 1. The van der Waals surface area contributed by atoms with E-state index in [4.69, 9.17) is 4.42 Å². The molecule has 6 nitrogen and oxygen atoms in total. The zero-order valence-corrected chi connectivity index (χ0v) is 14.0. The highest BCUT2D eigenvalue weighted by atomic mass is 32.2. The first-order valence-electron chi connectivity index (χ1n) is 7.31. The molecular weight excluding hydrogens is 316 g/mol. The van der Waals surface area contributed by atoms with Crippen molar-refractivity contribution in [2.24, 2.45) is 0 Å². The van der Waals surface area contributed by atoms with Crippen molar-refractivity contribution in [3.8, 4) is 0 Å². The van der Waals surface area contributed by atoms with Crippen LogP contribution in [0, 0.1) is 13.8 Å². The van der Waals surface area contributed by atoms with Crippen molar-refractivity contribution < 1.29 is 17.6 Å². The standard InChI is InChI=1S/C16H18N2O4S/c1-10-8-16(19)17-13-6-4-5-7-14(13)18(10)23(20,21)15-9-11(2)22-12(15)3/h4-7,9-10H,8H2,1-3H3,(H,17,19)/t10-/m0/s1. The molecule has 23 heavy (non-hydrogen) atoms. The van der Waals surface area contributed by atoms with Gasteiger partial charge in [0.2, 0.25) is 5.91 Å². The SMILES string of the molecule is Cc1cc(S(=O)(=O)N2c3ccccc3NC(=O)C[C@@H]2C)c(C)o1. The van der Waals surface area contributed by atoms with E-state index in [0.29, 0.717) is 22.9 Å². The molecule has 1 amide bonds. The lowest BCUT2D eigenvalue weighted by Crippen LogP contribution is -2.39. The number of aryl methyl sites for hydroxylation is 2. The second-order valence-corrected chi connectivity index (χ2v) is 7.48. The maximum Gasteiger partial charge on any atom is 0.268 e. The van der Waals surface area contributed by atoms with Gasteiger partial charge in [0.25, 0.3) is 10.0 Å². The molecule has 0 bridgehead atoms. The van der Waals surface area contributed by atoms with Gasteiger partial charge in [-0.2, -0.15) is 0 Å². The number of nitrogens with one attached hydrogen (secondary N) is 1. The summed E-state index contributed by atoms with van der Waals surface area (Å²) in [5.74, 6) is 0.671. The summed E-state index contributed by atoms with van der Waals surface area (Å²) in [7, 11) is -3.83. The molecule has 0 aliphatic carbocycles. The Morgan fingerprint density at radius 2 is 1.96 bits per heavy atom. The number of carbonyl (C=O) groups is 1. The van der Waals surface area contributed by atoms with Gasteiger partial charge < -0.3 is 9.73 Å². The van der Waals surface area contributed by atoms with Gasteiger partial charge in [-0.3, -0.25) is 9.10 Å². The van der Waals surface area contributed by atoms with E-state index in [9.17, 15) is 13.2 Å². The van der Waals surface area contributed by atoms with E-state index in [1.54, 1.807) is 45.0 Å². The van der Waals surface area contributed by atoms with Crippen molar-refractivity contribution >= 4 is 27.3 Å². The molecule has 0 saturated carbocycles. The zero-order valence-electron chi connectivity index (χ0n) is 13.2. The predicted molar refractivity (Wildman–Crippen MR) is 87.0 cm³/mol. The van der Waals surface area contributed by atoms with E-state index in [0.717, 1.165) is 0 Å². The van der Waals surface area contributed by atoms with Crippen LogP contribution < -0.4 is 9.62 Å². The van der Waals surface area contributed by atoms with Crippen LogP contribution in [0.25, 0.3) is 0 Å². The molecule has 1 aromatic heterocycles. The summed E-state index contributed by atoms with van der Waals surface area (Å²) in [6, 6.07) is 7.91. The van der Waals surface area contributed by atoms with Crippen molar-refractivity contribution in [1.82, 2.24) is 0 Å². The monoisotopic (exact) mass is 334 g/mol. The van der Waals surface area contributed by atoms with E-state index < -0.39 is 16.1 Å². The zero-order chi connectivity index (χ0) is 16.8. The van der Waals surface area contributed by atoms with E-state index >= 15 is 0 Å². The van der Waals surface area contributed by atoms with Crippen LogP contribution in [0.2, 0.25) is 0 Å². The Labute approximate surface area is 135 Å². The average Bonchev–Trinajstić information content (AvgIpc) is 2.73. The third-order valence-electron chi connectivity index (χ3n) is 3.83. The van der Waals surface area contributed by atoms with Gasteiger partial charge in [-0.1, -0.05) is 12.1 Å². The largest absolute Gasteiger partial charge is 0.465 e. The molecule has 122 valence electrons. The van der Waals surface area contributed by atoms with E-state index in [-0.39, 0.29) is 17.2 Å². The summed E-state index contributed by atoms with van der Waals surface area (Å²) in [6.45, 7) is 5.05. The van der Waals surface area contributed by atoms with Gasteiger partial charge in [-0.05, 0) is 32.9 Å². The number of amides is 1. The Balaban J connectivity index is 2.21. The van der Waals surface area contributed by atoms with Crippen LogP contribution in [0.3, 0.4) is 0 Å². The molecule has 0 radical (unpaired) electrons. The van der Waals surface area contributed by atoms with E-state index in [1.807, 2.05) is 0 Å². The Hall–Kier alpha value is -2.28. The second kappa shape index (κ2) is 5.42. The Morgan fingerprint density at radius 3 is 2.61 bits per heavy atom. The number of hydrogen-bond donors (Lipinski definition) is 1. The molecule has 0 saturated heterocycles. The fourth-order valence-electron chi connectivity index (χ4n) is 2.90. The first-order chi connectivity index (χ1) is 10.8. The maximum atomic E-state index is 13.2. The lowest BCUT2D eigenvalue weighted by Gasteiger charge is -2.28. The number of rotatable bonds is 2. The molecule has 1 atom stereocenters. The fourth-order valence-corrected chi connectivity index (χ4v) is 4.80. The lowest BCUT2D eigenvalue weighted by atomic mass is 10.2. The number of sulfonamides is 1. The van der Waals surface area contributed by atoms with Crippen molar-refractivity contribution in [3.05, 3.63) is 41.9 Å². The lowest BCUT2D eigenvalue weighted by molar-refractivity contribution is -0.116. The van der Waals surface area contributed by atoms with Crippen LogP contribution in [0.4, 0.5) is 11.4 Å². The molecule has 1 aromatic carbocycles. The number of fused-ring (bicyclic) bond motifs is 1. The maximum absolute atomic E-state index is 13.2. The average molecular weight is 334 g/mol. The summed E-state index contributed by atoms with van der Waals surface area (Å²) in [4.78, 5) is 12.1. The number of furan rings is 1. The van der Waals surface area contributed by atoms with Crippen LogP contribution in [0.1, 0.15) is 24.9 Å². The molecule has 1 aliphatic rings. The minimum absolute atomic E-state index is 0.0871. The molecule has 0 fully saturated rings. The predicted octanol–water partition coefficient (Wildman–Crippen LogP) is 2.82. The molecule has 1 N–H and O–H groups in total. The highest BCUT2D eigenvalue weighted by Gasteiger charge is 2.36. The van der Waals surface area contributed by atoms with Crippen molar-refractivity contribution in [3.63, 3.8) is 0 Å². The van der Waals surface area contributed by atoms with Gasteiger partial charge in [0.1, 0.15) is 16.4 Å². The first-order valence-corrected chi connectivity index (χ1v) is 8.75. The van der Waals surface area contributed by atoms with Gasteiger partial charge in [0.15, 0.2) is 0 Å². The first kappa shape index (κ1) is 15.6. The molecule has 0 unspecified atom stereocenters. The van der Waals surface area contributed by atoms with Crippen molar-refractivity contribution in [2.45, 2.75) is 38.1 Å². The minimum atomic E-state index is -3.83. The number of hydrogen-bond acceptors (Lipinski definition) is 4. The van der Waals surface area contributed by atoms with Crippen LogP contribution in [-0.2, 0) is 14.8 Å². The highest BCUT2D eigenvalue weighted by molar-refractivity contribution is 7.93. The Bertz CT molecular complexity index is 870. The smallest absolute Gasteiger partial charge is 0.268 e. The third kappa shape index (κ3) is 2.61. The molecule has 0 spiro atoms. The van der Waals surface area contributed by atoms with Crippen LogP contribution >= 0.6 is 0 Å². The number of para-hydroxylation sites is 2. The molecule has 1 aliphatic heterocycles. The fraction of sp³-hybridized carbons (Fsp3) is 0.312. The highest BCUT2D eigenvalue weighted by Crippen LogP contribution is 2.36. The van der Waals surface area contributed by atoms with Crippen molar-refractivity contribution in [1.29, 1.82) is 0 Å². The Kier molecular flexibility index (Phi) is 3.68. The van der Waals surface area contributed by atoms with Gasteiger partial charge >= 0.3 is 0 Å². The quantitative estimate of drug-likeness (QED) is 0.916. The van der Waals surface area contributed by atoms with E-state index in [1.165, 1.54) is 10.4 Å². The van der Waals surface area contributed by atoms with Gasteiger partial charge in [0, 0.05) is 12.5 Å². The van der Waals surface area contributed by atoms with Gasteiger partial charge in [0.05, 0.1) is 17.4 Å². The molecule has 2 aromatic rings. The van der Waals surface area contributed by atoms with Crippen LogP contribution in [0.15, 0.2) is 39.6 Å². The summed E-state index contributed by atoms with van der Waals surface area (Å²) in [5, 5.41) is 2.76. The molecule has 7 heteroatoms. The molecule has 2 heterocycles. The Morgan fingerprint density at radius 1 is 1.26 bits per heavy atom. The van der Waals surface area contributed by atoms with Crippen LogP contribution in [-0.4, -0.2) is 20.4 Å². The van der Waals surface area contributed by atoms with Crippen LogP contribution in [0.5, 0.6) is 0 Å². The summed E-state index contributed by atoms with van der Waals surface area (Å²) in [6.07, 6.45) is 0.0871. The third-order valence-corrected chi connectivity index (χ3v) is 5.86. The van der Waals surface area contributed by atoms with Gasteiger partial charge in [-0.25, -0.2) is 8.42 Å². The van der Waals surface area contributed by atoms with Crippen molar-refractivity contribution in [2.75, 3.05) is 9.62 Å². The summed E-state index contributed by atoms with van der Waals surface area (Å²) < 4.78 is 33.0. The topological polar surface area (TPSA) is 79.6 Å². The second-order valence-electron chi connectivity index (χ2n) is 5.70. The molecule has 3 rings (SSSR count). The summed E-state index contributed by atoms with van der Waals surface area (Å²) in [5.41, 5.74) is 0.951. The van der Waals surface area contributed by atoms with Gasteiger partial charge in [-0.15, -0.1) is 0 Å². The number of benzene rings is 1. The minimum Gasteiger partial charge on any atom is -0.465 e. The number of carbonyl (C=O) groups excluding carboxylic acids is 1.